The van der Waals surface area contributed by atoms with Gasteiger partial charge in [-0.1, -0.05) is 0 Å². The highest BCUT2D eigenvalue weighted by molar-refractivity contribution is 9.10. The maximum atomic E-state index is 13.4. The van der Waals surface area contributed by atoms with Gasteiger partial charge in [0.2, 0.25) is 10.0 Å². The molecule has 0 atom stereocenters. The standard InChI is InChI=1S/C13H14BrFN2O2S2/c1-8-3-11(15)12(16)5-13(8)21(18,19)17(2)6-10-4-9(14)7-20-10/h3-5,7H,6,16H2,1-2H3. The minimum atomic E-state index is -3.72. The molecule has 21 heavy (non-hydrogen) atoms. The Hall–Kier alpha value is -0.960. The summed E-state index contributed by atoms with van der Waals surface area (Å²) in [5.41, 5.74) is 5.64. The normalized spacial score (nSPS) is 12.0. The molecule has 114 valence electrons. The van der Waals surface area contributed by atoms with Crippen LogP contribution in [0.25, 0.3) is 0 Å². The zero-order valence-corrected chi connectivity index (χ0v) is 14.6. The quantitative estimate of drug-likeness (QED) is 0.811. The summed E-state index contributed by atoms with van der Waals surface area (Å²) < 4.78 is 40.6. The van der Waals surface area contributed by atoms with Gasteiger partial charge >= 0.3 is 0 Å². The van der Waals surface area contributed by atoms with E-state index in [2.05, 4.69) is 15.9 Å². The molecule has 2 aromatic rings. The van der Waals surface area contributed by atoms with Gasteiger partial charge in [0.15, 0.2) is 0 Å². The van der Waals surface area contributed by atoms with Gasteiger partial charge in [-0.25, -0.2) is 12.8 Å². The van der Waals surface area contributed by atoms with Gasteiger partial charge in [-0.2, -0.15) is 4.31 Å². The van der Waals surface area contributed by atoms with Crippen molar-refractivity contribution >= 4 is 43.0 Å². The average molecular weight is 393 g/mol. The van der Waals surface area contributed by atoms with Crippen LogP contribution in [-0.4, -0.2) is 19.8 Å². The third-order valence-corrected chi connectivity index (χ3v) is 6.61. The summed E-state index contributed by atoms with van der Waals surface area (Å²) in [5.74, 6) is -0.615. The van der Waals surface area contributed by atoms with Gasteiger partial charge < -0.3 is 5.73 Å². The highest BCUT2D eigenvalue weighted by atomic mass is 79.9. The molecule has 0 amide bonds. The fourth-order valence-electron chi connectivity index (χ4n) is 1.86. The second kappa shape index (κ2) is 6.04. The number of halogens is 2. The van der Waals surface area contributed by atoms with Crippen LogP contribution in [0.5, 0.6) is 0 Å². The van der Waals surface area contributed by atoms with Crippen LogP contribution in [0.4, 0.5) is 10.1 Å². The van der Waals surface area contributed by atoms with Crippen LogP contribution >= 0.6 is 27.3 Å². The smallest absolute Gasteiger partial charge is 0.243 e. The first-order valence-electron chi connectivity index (χ1n) is 5.96. The lowest BCUT2D eigenvalue weighted by Gasteiger charge is -2.18. The molecule has 0 fully saturated rings. The Kier molecular flexibility index (Phi) is 4.72. The molecule has 1 heterocycles. The third-order valence-electron chi connectivity index (χ3n) is 2.98. The molecule has 0 saturated carbocycles. The molecule has 0 bridgehead atoms. The Balaban J connectivity index is 2.35. The fraction of sp³-hybridized carbons (Fsp3) is 0.231. The van der Waals surface area contributed by atoms with Gasteiger partial charge in [-0.3, -0.25) is 0 Å². The first kappa shape index (κ1) is 16.4. The van der Waals surface area contributed by atoms with E-state index in [0.717, 1.165) is 15.4 Å². The van der Waals surface area contributed by atoms with Gasteiger partial charge in [0.1, 0.15) is 5.82 Å². The molecule has 0 radical (unpaired) electrons. The predicted molar refractivity (Wildman–Crippen MR) is 86.2 cm³/mol. The number of aryl methyl sites for hydroxylation is 1. The second-order valence-corrected chi connectivity index (χ2v) is 8.56. The average Bonchev–Trinajstić information content (AvgIpc) is 2.79. The van der Waals surface area contributed by atoms with E-state index in [9.17, 15) is 12.8 Å². The van der Waals surface area contributed by atoms with Gasteiger partial charge in [0.05, 0.1) is 10.6 Å². The lowest BCUT2D eigenvalue weighted by atomic mass is 10.2. The van der Waals surface area contributed by atoms with Crippen LogP contribution in [-0.2, 0) is 16.6 Å². The summed E-state index contributed by atoms with van der Waals surface area (Å²) in [7, 11) is -2.23. The Bertz CT molecular complexity index is 774. The summed E-state index contributed by atoms with van der Waals surface area (Å²) in [5, 5.41) is 1.89. The van der Waals surface area contributed by atoms with E-state index in [1.165, 1.54) is 28.8 Å². The van der Waals surface area contributed by atoms with Crippen LogP contribution in [0.2, 0.25) is 0 Å². The van der Waals surface area contributed by atoms with Crippen LogP contribution in [0, 0.1) is 12.7 Å². The Morgan fingerprint density at radius 1 is 1.38 bits per heavy atom. The number of nitrogens with two attached hydrogens (primary N) is 1. The first-order chi connectivity index (χ1) is 9.71. The van der Waals surface area contributed by atoms with Gasteiger partial charge in [0.25, 0.3) is 0 Å². The number of hydrogen-bond acceptors (Lipinski definition) is 4. The highest BCUT2D eigenvalue weighted by Gasteiger charge is 2.24. The number of rotatable bonds is 4. The van der Waals surface area contributed by atoms with Crippen LogP contribution in [0.1, 0.15) is 10.4 Å². The molecule has 1 aromatic carbocycles. The Morgan fingerprint density at radius 3 is 2.62 bits per heavy atom. The van der Waals surface area contributed by atoms with Crippen molar-refractivity contribution in [2.24, 2.45) is 0 Å². The van der Waals surface area contributed by atoms with Crippen LogP contribution < -0.4 is 5.73 Å². The molecule has 2 N–H and O–H groups in total. The second-order valence-electron chi connectivity index (χ2n) is 4.63. The first-order valence-corrected chi connectivity index (χ1v) is 9.08. The van der Waals surface area contributed by atoms with E-state index in [1.54, 1.807) is 6.92 Å². The van der Waals surface area contributed by atoms with E-state index in [4.69, 9.17) is 5.73 Å². The summed E-state index contributed by atoms with van der Waals surface area (Å²) in [6.07, 6.45) is 0. The van der Waals surface area contributed by atoms with Crippen molar-refractivity contribution in [1.29, 1.82) is 0 Å². The van der Waals surface area contributed by atoms with Crippen molar-refractivity contribution in [2.75, 3.05) is 12.8 Å². The molecule has 4 nitrogen and oxygen atoms in total. The van der Waals surface area contributed by atoms with Gasteiger partial charge in [-0.05, 0) is 46.6 Å². The largest absolute Gasteiger partial charge is 0.396 e. The van der Waals surface area contributed by atoms with Crippen LogP contribution in [0.3, 0.4) is 0 Å². The van der Waals surface area contributed by atoms with Crippen molar-refractivity contribution in [3.05, 3.63) is 44.3 Å². The summed E-state index contributed by atoms with van der Waals surface area (Å²) in [4.78, 5) is 0.931. The monoisotopic (exact) mass is 392 g/mol. The minimum Gasteiger partial charge on any atom is -0.396 e. The molecule has 2 rings (SSSR count). The zero-order chi connectivity index (χ0) is 15.8. The molecule has 0 unspecified atom stereocenters. The van der Waals surface area contributed by atoms with E-state index in [-0.39, 0.29) is 17.1 Å². The number of nitrogen functional groups attached to an aromatic ring is 1. The maximum absolute atomic E-state index is 13.4. The maximum Gasteiger partial charge on any atom is 0.243 e. The van der Waals surface area contributed by atoms with Crippen molar-refractivity contribution in [2.45, 2.75) is 18.4 Å². The van der Waals surface area contributed by atoms with E-state index < -0.39 is 15.8 Å². The topological polar surface area (TPSA) is 63.4 Å². The SMILES string of the molecule is Cc1cc(F)c(N)cc1S(=O)(=O)N(C)Cc1cc(Br)cs1. The number of anilines is 1. The summed E-state index contributed by atoms with van der Waals surface area (Å²) in [6.45, 7) is 1.79. The van der Waals surface area contributed by atoms with Gasteiger partial charge in [-0.15, -0.1) is 11.3 Å². The van der Waals surface area contributed by atoms with Crippen molar-refractivity contribution < 1.29 is 12.8 Å². The molecule has 8 heteroatoms. The molecule has 0 spiro atoms. The lowest BCUT2D eigenvalue weighted by Crippen LogP contribution is -2.27. The molecule has 0 saturated heterocycles. The van der Waals surface area contributed by atoms with Crippen LogP contribution in [0.15, 0.2) is 32.9 Å². The van der Waals surface area contributed by atoms with E-state index in [1.807, 2.05) is 11.4 Å². The number of benzene rings is 1. The number of nitrogens with zero attached hydrogens (tertiary/aromatic N) is 1. The van der Waals surface area contributed by atoms with Crippen molar-refractivity contribution in [1.82, 2.24) is 4.31 Å². The predicted octanol–water partition coefficient (Wildman–Crippen LogP) is 3.36. The van der Waals surface area contributed by atoms with Gasteiger partial charge in [0, 0.05) is 28.3 Å². The van der Waals surface area contributed by atoms with Crippen molar-refractivity contribution in [3.8, 4) is 0 Å². The number of hydrogen-bond donors (Lipinski definition) is 1. The summed E-state index contributed by atoms with van der Waals surface area (Å²) >= 11 is 4.79. The minimum absolute atomic E-state index is 0.0273. The molecule has 0 aliphatic rings. The highest BCUT2D eigenvalue weighted by Crippen LogP contribution is 2.27. The Labute approximate surface area is 135 Å². The summed E-state index contributed by atoms with van der Waals surface area (Å²) in [6, 6.07) is 4.17. The lowest BCUT2D eigenvalue weighted by molar-refractivity contribution is 0.469. The molecule has 0 aliphatic heterocycles. The number of thiophene rings is 1. The third kappa shape index (κ3) is 3.45. The van der Waals surface area contributed by atoms with Crippen molar-refractivity contribution in [3.63, 3.8) is 0 Å². The number of sulfonamides is 1. The molecular formula is C13H14BrFN2O2S2. The van der Waals surface area contributed by atoms with E-state index in [0.29, 0.717) is 5.56 Å². The molecule has 0 aliphatic carbocycles. The molecule has 1 aromatic heterocycles. The van der Waals surface area contributed by atoms with E-state index >= 15 is 0 Å². The fourth-order valence-corrected chi connectivity index (χ4v) is 4.83. The Morgan fingerprint density at radius 2 is 2.05 bits per heavy atom. The molecular weight excluding hydrogens is 379 g/mol. The zero-order valence-electron chi connectivity index (χ0n) is 11.4.